The summed E-state index contributed by atoms with van der Waals surface area (Å²) < 4.78 is 5.84. The summed E-state index contributed by atoms with van der Waals surface area (Å²) in [7, 11) is 0. The highest BCUT2D eigenvalue weighted by Gasteiger charge is 2.35. The Hall–Kier alpha value is -1.24. The molecule has 0 bridgehead atoms. The summed E-state index contributed by atoms with van der Waals surface area (Å²) in [5.41, 5.74) is 0.104. The maximum Gasteiger partial charge on any atom is 0.257 e. The van der Waals surface area contributed by atoms with Crippen LogP contribution in [0.3, 0.4) is 0 Å². The Morgan fingerprint density at radius 1 is 1.41 bits per heavy atom. The Labute approximate surface area is 135 Å². The molecule has 1 aliphatic heterocycles. The van der Waals surface area contributed by atoms with Gasteiger partial charge in [-0.1, -0.05) is 13.0 Å². The lowest BCUT2D eigenvalue weighted by atomic mass is 9.77. The number of piperidine rings is 1. The molecule has 2 aromatic rings. The highest BCUT2D eigenvalue weighted by Crippen LogP contribution is 2.37. The highest BCUT2D eigenvalue weighted by molar-refractivity contribution is 7.13. The molecule has 0 saturated carbocycles. The molecule has 3 heterocycles. The Morgan fingerprint density at radius 3 is 2.77 bits per heavy atom. The van der Waals surface area contributed by atoms with Crippen LogP contribution in [0.25, 0.3) is 10.8 Å². The van der Waals surface area contributed by atoms with E-state index < -0.39 is 0 Å². The molecule has 1 fully saturated rings. The van der Waals surface area contributed by atoms with E-state index >= 15 is 0 Å². The molecule has 6 heteroatoms. The van der Waals surface area contributed by atoms with Gasteiger partial charge in [-0.15, -0.1) is 21.5 Å². The van der Waals surface area contributed by atoms with Crippen LogP contribution in [0.1, 0.15) is 45.0 Å². The third-order valence-corrected chi connectivity index (χ3v) is 5.88. The van der Waals surface area contributed by atoms with Gasteiger partial charge in [0.1, 0.15) is 0 Å². The number of thiophene rings is 1. The molecule has 5 nitrogen and oxygen atoms in total. The zero-order valence-corrected chi connectivity index (χ0v) is 14.0. The summed E-state index contributed by atoms with van der Waals surface area (Å²) in [6.07, 6.45) is 3.08. The third-order valence-electron chi connectivity index (χ3n) is 5.02. The number of nitrogens with zero attached hydrogens (tertiary/aromatic N) is 3. The van der Waals surface area contributed by atoms with E-state index in [9.17, 15) is 5.11 Å². The van der Waals surface area contributed by atoms with E-state index in [1.54, 1.807) is 11.3 Å². The fourth-order valence-electron chi connectivity index (χ4n) is 3.07. The van der Waals surface area contributed by atoms with Crippen molar-refractivity contribution < 1.29 is 9.52 Å². The molecule has 0 spiro atoms. The molecule has 0 radical (unpaired) electrons. The molecule has 1 atom stereocenters. The first-order valence-electron chi connectivity index (χ1n) is 7.89. The summed E-state index contributed by atoms with van der Waals surface area (Å²) in [5.74, 6) is 1.28. The zero-order valence-electron chi connectivity index (χ0n) is 13.2. The van der Waals surface area contributed by atoms with Gasteiger partial charge in [-0.3, -0.25) is 4.90 Å². The van der Waals surface area contributed by atoms with Gasteiger partial charge >= 0.3 is 0 Å². The van der Waals surface area contributed by atoms with E-state index in [1.165, 1.54) is 0 Å². The molecule has 0 aromatic carbocycles. The predicted molar refractivity (Wildman–Crippen MR) is 86.6 cm³/mol. The Bertz CT molecular complexity index is 582. The van der Waals surface area contributed by atoms with Crippen molar-refractivity contribution in [2.45, 2.75) is 39.2 Å². The van der Waals surface area contributed by atoms with Crippen LogP contribution in [0.15, 0.2) is 21.9 Å². The van der Waals surface area contributed by atoms with Gasteiger partial charge in [0.25, 0.3) is 5.89 Å². The van der Waals surface area contributed by atoms with Gasteiger partial charge in [-0.25, -0.2) is 0 Å². The molecule has 0 aliphatic carbocycles. The second kappa shape index (κ2) is 6.48. The average molecular weight is 321 g/mol. The minimum atomic E-state index is 0.104. The summed E-state index contributed by atoms with van der Waals surface area (Å²) >= 11 is 1.60. The van der Waals surface area contributed by atoms with E-state index in [-0.39, 0.29) is 18.1 Å². The van der Waals surface area contributed by atoms with Crippen molar-refractivity contribution in [2.75, 3.05) is 19.7 Å². The van der Waals surface area contributed by atoms with Crippen LogP contribution in [0.5, 0.6) is 0 Å². The molecular weight excluding hydrogens is 298 g/mol. The number of hydrogen-bond acceptors (Lipinski definition) is 6. The Balaban J connectivity index is 1.67. The molecule has 120 valence electrons. The summed E-state index contributed by atoms with van der Waals surface area (Å²) in [5, 5.41) is 20.0. The number of aromatic nitrogens is 2. The van der Waals surface area contributed by atoms with Crippen molar-refractivity contribution in [3.63, 3.8) is 0 Å². The summed E-state index contributed by atoms with van der Waals surface area (Å²) in [6, 6.07) is 4.09. The lowest BCUT2D eigenvalue weighted by molar-refractivity contribution is 0.0227. The highest BCUT2D eigenvalue weighted by atomic mass is 32.1. The first-order chi connectivity index (χ1) is 10.7. The van der Waals surface area contributed by atoms with Crippen LogP contribution < -0.4 is 0 Å². The molecule has 1 N–H and O–H groups in total. The number of hydrogen-bond donors (Lipinski definition) is 1. The summed E-state index contributed by atoms with van der Waals surface area (Å²) in [6.45, 7) is 6.50. The normalized spacial score (nSPS) is 20.1. The standard InChI is InChI=1S/C16H23N3O2S/c1-3-16(11-20)6-8-19(9-7-16)12(2)14-17-18-15(21-14)13-5-4-10-22-13/h4-5,10,12,20H,3,6-9,11H2,1-2H3. The molecule has 2 aromatic heterocycles. The fourth-order valence-corrected chi connectivity index (χ4v) is 3.71. The van der Waals surface area contributed by atoms with Crippen LogP contribution in [0.2, 0.25) is 0 Å². The summed E-state index contributed by atoms with van der Waals surface area (Å²) in [4.78, 5) is 3.38. The van der Waals surface area contributed by atoms with E-state index in [1.807, 2.05) is 17.5 Å². The Morgan fingerprint density at radius 2 is 2.18 bits per heavy atom. The monoisotopic (exact) mass is 321 g/mol. The van der Waals surface area contributed by atoms with Crippen molar-refractivity contribution in [3.8, 4) is 10.8 Å². The fraction of sp³-hybridized carbons (Fsp3) is 0.625. The van der Waals surface area contributed by atoms with Gasteiger partial charge in [0.05, 0.1) is 10.9 Å². The van der Waals surface area contributed by atoms with Crippen molar-refractivity contribution in [3.05, 3.63) is 23.4 Å². The molecule has 3 rings (SSSR count). The van der Waals surface area contributed by atoms with Gasteiger partial charge in [-0.05, 0) is 56.1 Å². The molecule has 1 saturated heterocycles. The van der Waals surface area contributed by atoms with Crippen LogP contribution in [0.4, 0.5) is 0 Å². The van der Waals surface area contributed by atoms with Crippen LogP contribution in [-0.4, -0.2) is 39.9 Å². The van der Waals surface area contributed by atoms with Gasteiger partial charge in [0.15, 0.2) is 0 Å². The second-order valence-corrected chi connectivity index (χ2v) is 7.09. The van der Waals surface area contributed by atoms with E-state index in [0.29, 0.717) is 11.8 Å². The van der Waals surface area contributed by atoms with E-state index in [2.05, 4.69) is 28.9 Å². The van der Waals surface area contributed by atoms with Gasteiger partial charge < -0.3 is 9.52 Å². The third kappa shape index (κ3) is 2.95. The van der Waals surface area contributed by atoms with E-state index in [4.69, 9.17) is 4.42 Å². The second-order valence-electron chi connectivity index (χ2n) is 6.15. The molecule has 0 amide bonds. The number of aliphatic hydroxyl groups excluding tert-OH is 1. The molecule has 1 unspecified atom stereocenters. The van der Waals surface area contributed by atoms with Crippen LogP contribution in [0, 0.1) is 5.41 Å². The largest absolute Gasteiger partial charge is 0.418 e. The minimum absolute atomic E-state index is 0.104. The topological polar surface area (TPSA) is 62.4 Å². The quantitative estimate of drug-likeness (QED) is 0.915. The number of likely N-dealkylation sites (tertiary alicyclic amines) is 1. The van der Waals surface area contributed by atoms with Crippen molar-refractivity contribution in [2.24, 2.45) is 5.41 Å². The molecule has 1 aliphatic rings. The smallest absolute Gasteiger partial charge is 0.257 e. The van der Waals surface area contributed by atoms with Crippen LogP contribution >= 0.6 is 11.3 Å². The van der Waals surface area contributed by atoms with Crippen molar-refractivity contribution in [1.82, 2.24) is 15.1 Å². The lowest BCUT2D eigenvalue weighted by Crippen LogP contribution is -2.42. The minimum Gasteiger partial charge on any atom is -0.418 e. The predicted octanol–water partition coefficient (Wildman–Crippen LogP) is 3.34. The maximum atomic E-state index is 9.63. The zero-order chi connectivity index (χ0) is 15.6. The van der Waals surface area contributed by atoms with Crippen LogP contribution in [-0.2, 0) is 0 Å². The van der Waals surface area contributed by atoms with Crippen molar-refractivity contribution in [1.29, 1.82) is 0 Å². The first kappa shape index (κ1) is 15.6. The Kier molecular flexibility index (Phi) is 4.61. The maximum absolute atomic E-state index is 9.63. The SMILES string of the molecule is CCC1(CO)CCN(C(C)c2nnc(-c3cccs3)o2)CC1. The van der Waals surface area contributed by atoms with Gasteiger partial charge in [0.2, 0.25) is 5.89 Å². The molecular formula is C16H23N3O2S. The van der Waals surface area contributed by atoms with Gasteiger partial charge in [0, 0.05) is 6.61 Å². The molecule has 22 heavy (non-hydrogen) atoms. The average Bonchev–Trinajstić information content (AvgIpc) is 3.25. The van der Waals surface area contributed by atoms with Gasteiger partial charge in [-0.2, -0.15) is 0 Å². The lowest BCUT2D eigenvalue weighted by Gasteiger charge is -2.41. The van der Waals surface area contributed by atoms with E-state index in [0.717, 1.165) is 37.2 Å². The van der Waals surface area contributed by atoms with Crippen molar-refractivity contribution >= 4 is 11.3 Å². The first-order valence-corrected chi connectivity index (χ1v) is 8.77. The number of rotatable bonds is 5. The number of aliphatic hydroxyl groups is 1.